The van der Waals surface area contributed by atoms with Crippen LogP contribution in [0.25, 0.3) is 0 Å². The summed E-state index contributed by atoms with van der Waals surface area (Å²) < 4.78 is 11.2. The number of nitrogens with one attached hydrogen (secondary N) is 1. The molecule has 0 aliphatic carbocycles. The monoisotopic (exact) mass is 263 g/mol. The second-order valence-electron chi connectivity index (χ2n) is 5.24. The molecule has 0 saturated carbocycles. The molecule has 1 aliphatic rings. The zero-order valence-electron chi connectivity index (χ0n) is 12.0. The van der Waals surface area contributed by atoms with Gasteiger partial charge in [0.05, 0.1) is 6.61 Å². The standard InChI is InChI=1S/C16H25NO2/c1-3-10-17-14(12-18-2)8-9-15-11-13-6-4-5-7-16(13)19-15/h4-7,14-15,17H,3,8-12H2,1-2H3. The molecular weight excluding hydrogens is 238 g/mol. The summed E-state index contributed by atoms with van der Waals surface area (Å²) in [6, 6.07) is 8.80. The lowest BCUT2D eigenvalue weighted by Crippen LogP contribution is -2.35. The molecule has 2 rings (SSSR count). The third kappa shape index (κ3) is 4.22. The van der Waals surface area contributed by atoms with E-state index in [1.807, 2.05) is 6.07 Å². The van der Waals surface area contributed by atoms with E-state index in [0.29, 0.717) is 12.1 Å². The van der Waals surface area contributed by atoms with Gasteiger partial charge in [0.15, 0.2) is 0 Å². The number of methoxy groups -OCH3 is 1. The van der Waals surface area contributed by atoms with Crippen LogP contribution in [-0.4, -0.2) is 32.4 Å². The van der Waals surface area contributed by atoms with Crippen molar-refractivity contribution in [3.63, 3.8) is 0 Å². The highest BCUT2D eigenvalue weighted by molar-refractivity contribution is 5.37. The molecule has 106 valence electrons. The summed E-state index contributed by atoms with van der Waals surface area (Å²) in [6.45, 7) is 4.02. The van der Waals surface area contributed by atoms with Gasteiger partial charge in [0.1, 0.15) is 11.9 Å². The zero-order chi connectivity index (χ0) is 13.5. The Bertz CT molecular complexity index is 356. The molecule has 3 nitrogen and oxygen atoms in total. The summed E-state index contributed by atoms with van der Waals surface area (Å²) in [5.74, 6) is 1.07. The summed E-state index contributed by atoms with van der Waals surface area (Å²) in [6.07, 6.45) is 4.72. The summed E-state index contributed by atoms with van der Waals surface area (Å²) in [4.78, 5) is 0. The van der Waals surface area contributed by atoms with Crippen LogP contribution in [0.1, 0.15) is 31.7 Å². The van der Waals surface area contributed by atoms with Crippen molar-refractivity contribution < 1.29 is 9.47 Å². The smallest absolute Gasteiger partial charge is 0.123 e. The Balaban J connectivity index is 1.76. The van der Waals surface area contributed by atoms with Crippen molar-refractivity contribution in [2.45, 2.75) is 44.8 Å². The van der Waals surface area contributed by atoms with E-state index in [0.717, 1.165) is 44.6 Å². The quantitative estimate of drug-likeness (QED) is 0.782. The van der Waals surface area contributed by atoms with Crippen molar-refractivity contribution >= 4 is 0 Å². The molecule has 1 N–H and O–H groups in total. The normalized spacial score (nSPS) is 18.9. The largest absolute Gasteiger partial charge is 0.490 e. The Labute approximate surface area is 116 Å². The van der Waals surface area contributed by atoms with Crippen LogP contribution in [0.5, 0.6) is 5.75 Å². The fraction of sp³-hybridized carbons (Fsp3) is 0.625. The summed E-state index contributed by atoms with van der Waals surface area (Å²) in [5.41, 5.74) is 1.34. The molecule has 3 heteroatoms. The van der Waals surface area contributed by atoms with Gasteiger partial charge in [-0.2, -0.15) is 0 Å². The molecule has 1 heterocycles. The minimum absolute atomic E-state index is 0.334. The Morgan fingerprint density at radius 1 is 1.42 bits per heavy atom. The minimum Gasteiger partial charge on any atom is -0.490 e. The number of rotatable bonds is 8. The molecule has 0 bridgehead atoms. The summed E-state index contributed by atoms with van der Waals surface area (Å²) in [5, 5.41) is 3.53. The van der Waals surface area contributed by atoms with Gasteiger partial charge in [-0.15, -0.1) is 0 Å². The van der Waals surface area contributed by atoms with Gasteiger partial charge in [0, 0.05) is 19.6 Å². The molecule has 1 aliphatic heterocycles. The van der Waals surface area contributed by atoms with E-state index in [2.05, 4.69) is 30.4 Å². The van der Waals surface area contributed by atoms with Crippen LogP contribution < -0.4 is 10.1 Å². The fourth-order valence-corrected chi connectivity index (χ4v) is 2.60. The van der Waals surface area contributed by atoms with E-state index in [1.165, 1.54) is 5.56 Å². The maximum absolute atomic E-state index is 5.97. The lowest BCUT2D eigenvalue weighted by atomic mass is 10.0. The van der Waals surface area contributed by atoms with Crippen molar-refractivity contribution in [2.75, 3.05) is 20.3 Å². The van der Waals surface area contributed by atoms with E-state index in [4.69, 9.17) is 9.47 Å². The number of para-hydroxylation sites is 1. The van der Waals surface area contributed by atoms with E-state index in [1.54, 1.807) is 7.11 Å². The maximum atomic E-state index is 5.97. The number of hydrogen-bond acceptors (Lipinski definition) is 3. The van der Waals surface area contributed by atoms with E-state index in [-0.39, 0.29) is 0 Å². The van der Waals surface area contributed by atoms with Crippen LogP contribution in [0.2, 0.25) is 0 Å². The lowest BCUT2D eigenvalue weighted by Gasteiger charge is -2.19. The van der Waals surface area contributed by atoms with Gasteiger partial charge >= 0.3 is 0 Å². The van der Waals surface area contributed by atoms with Gasteiger partial charge in [-0.3, -0.25) is 0 Å². The van der Waals surface area contributed by atoms with Crippen LogP contribution in [-0.2, 0) is 11.2 Å². The average Bonchev–Trinajstić information content (AvgIpc) is 2.84. The first-order valence-corrected chi connectivity index (χ1v) is 7.30. The molecule has 2 unspecified atom stereocenters. The number of benzene rings is 1. The van der Waals surface area contributed by atoms with Gasteiger partial charge < -0.3 is 14.8 Å². The first-order valence-electron chi connectivity index (χ1n) is 7.30. The molecule has 19 heavy (non-hydrogen) atoms. The second kappa shape index (κ2) is 7.51. The van der Waals surface area contributed by atoms with Crippen molar-refractivity contribution in [3.8, 4) is 5.75 Å². The number of hydrogen-bond donors (Lipinski definition) is 1. The molecule has 0 saturated heterocycles. The van der Waals surface area contributed by atoms with Crippen molar-refractivity contribution in [1.82, 2.24) is 5.32 Å². The predicted molar refractivity (Wildman–Crippen MR) is 77.8 cm³/mol. The third-order valence-corrected chi connectivity index (χ3v) is 3.60. The molecule has 0 fully saturated rings. The van der Waals surface area contributed by atoms with Crippen LogP contribution in [0.4, 0.5) is 0 Å². The van der Waals surface area contributed by atoms with E-state index >= 15 is 0 Å². The highest BCUT2D eigenvalue weighted by Gasteiger charge is 2.23. The van der Waals surface area contributed by atoms with Crippen molar-refractivity contribution in [3.05, 3.63) is 29.8 Å². The average molecular weight is 263 g/mol. The van der Waals surface area contributed by atoms with Gasteiger partial charge in [0.25, 0.3) is 0 Å². The van der Waals surface area contributed by atoms with Gasteiger partial charge in [-0.1, -0.05) is 25.1 Å². The fourth-order valence-electron chi connectivity index (χ4n) is 2.60. The minimum atomic E-state index is 0.334. The molecule has 2 atom stereocenters. The molecule has 0 amide bonds. The van der Waals surface area contributed by atoms with Crippen LogP contribution in [0.15, 0.2) is 24.3 Å². The van der Waals surface area contributed by atoms with Gasteiger partial charge in [-0.05, 0) is 37.4 Å². The van der Waals surface area contributed by atoms with Crippen LogP contribution >= 0.6 is 0 Å². The van der Waals surface area contributed by atoms with Crippen molar-refractivity contribution in [2.24, 2.45) is 0 Å². The number of ether oxygens (including phenoxy) is 2. The Morgan fingerprint density at radius 3 is 3.00 bits per heavy atom. The molecular formula is C16H25NO2. The Hall–Kier alpha value is -1.06. The molecule has 1 aromatic carbocycles. The maximum Gasteiger partial charge on any atom is 0.123 e. The SMILES string of the molecule is CCCNC(CCC1Cc2ccccc2O1)COC. The first-order chi connectivity index (χ1) is 9.33. The van der Waals surface area contributed by atoms with Gasteiger partial charge in [0.2, 0.25) is 0 Å². The third-order valence-electron chi connectivity index (χ3n) is 3.60. The predicted octanol–water partition coefficient (Wildman–Crippen LogP) is 2.78. The van der Waals surface area contributed by atoms with Crippen molar-refractivity contribution in [1.29, 1.82) is 0 Å². The lowest BCUT2D eigenvalue weighted by molar-refractivity contribution is 0.149. The van der Waals surface area contributed by atoms with E-state index in [9.17, 15) is 0 Å². The van der Waals surface area contributed by atoms with Crippen LogP contribution in [0.3, 0.4) is 0 Å². The first kappa shape index (κ1) is 14.4. The summed E-state index contributed by atoms with van der Waals surface area (Å²) >= 11 is 0. The molecule has 0 radical (unpaired) electrons. The van der Waals surface area contributed by atoms with Gasteiger partial charge in [-0.25, -0.2) is 0 Å². The highest BCUT2D eigenvalue weighted by atomic mass is 16.5. The topological polar surface area (TPSA) is 30.5 Å². The Kier molecular flexibility index (Phi) is 5.67. The highest BCUT2D eigenvalue weighted by Crippen LogP contribution is 2.30. The van der Waals surface area contributed by atoms with Crippen LogP contribution in [0, 0.1) is 0 Å². The molecule has 0 aromatic heterocycles. The summed E-state index contributed by atoms with van der Waals surface area (Å²) in [7, 11) is 1.77. The molecule has 1 aromatic rings. The molecule has 0 spiro atoms. The second-order valence-corrected chi connectivity index (χ2v) is 5.24. The number of fused-ring (bicyclic) bond motifs is 1. The Morgan fingerprint density at radius 2 is 2.26 bits per heavy atom. The van der Waals surface area contributed by atoms with E-state index < -0.39 is 0 Å². The zero-order valence-corrected chi connectivity index (χ0v) is 12.0.